The van der Waals surface area contributed by atoms with Gasteiger partial charge < -0.3 is 49.7 Å². The number of nitrogens with one attached hydrogen (secondary N) is 6. The molecule has 0 radical (unpaired) electrons. The molecule has 20 nitrogen and oxygen atoms in total. The van der Waals surface area contributed by atoms with Crippen LogP contribution in [0.25, 0.3) is 0 Å². The smallest absolute Gasteiger partial charge is 0.314 e. The first-order valence-corrected chi connectivity index (χ1v) is 32.7. The van der Waals surface area contributed by atoms with Crippen LogP contribution in [0.5, 0.6) is 11.5 Å². The summed E-state index contributed by atoms with van der Waals surface area (Å²) >= 11 is 12.5. The second kappa shape index (κ2) is 32.7. The predicted molar refractivity (Wildman–Crippen MR) is 314 cm³/mol. The van der Waals surface area contributed by atoms with Crippen LogP contribution in [0.2, 0.25) is 10.0 Å². The Morgan fingerprint density at radius 2 is 0.821 bits per heavy atom. The van der Waals surface area contributed by atoms with Crippen molar-refractivity contribution >= 4 is 55.3 Å². The van der Waals surface area contributed by atoms with Gasteiger partial charge in [-0.2, -0.15) is 0 Å². The van der Waals surface area contributed by atoms with E-state index in [0.29, 0.717) is 71.4 Å². The van der Waals surface area contributed by atoms with E-state index in [1.54, 1.807) is 36.4 Å². The minimum atomic E-state index is -3.83. The normalized spacial score (nSPS) is 19.1. The summed E-state index contributed by atoms with van der Waals surface area (Å²) < 4.78 is 122. The molecule has 2 aliphatic carbocycles. The van der Waals surface area contributed by atoms with Crippen LogP contribution in [0, 0.1) is 11.6 Å². The van der Waals surface area contributed by atoms with E-state index in [1.165, 1.54) is 36.4 Å². The Morgan fingerprint density at radius 1 is 0.476 bits per heavy atom. The van der Waals surface area contributed by atoms with Gasteiger partial charge in [-0.15, -0.1) is 0 Å². The summed E-state index contributed by atoms with van der Waals surface area (Å²) in [5, 5.41) is 11.5. The monoisotopic (exact) mass is 1250 g/mol. The molecule has 1 unspecified atom stereocenters. The van der Waals surface area contributed by atoms with Crippen molar-refractivity contribution < 1.29 is 63.6 Å². The van der Waals surface area contributed by atoms with Crippen LogP contribution in [0.3, 0.4) is 0 Å². The van der Waals surface area contributed by atoms with E-state index in [1.807, 2.05) is 0 Å². The third-order valence-electron chi connectivity index (χ3n) is 15.1. The second-order valence-corrected chi connectivity index (χ2v) is 25.4. The molecule has 2 fully saturated rings. The number of benzene rings is 4. The number of amides is 4. The number of likely N-dealkylation sites (tertiary alicyclic amines) is 2. The lowest BCUT2D eigenvalue weighted by Gasteiger charge is -2.35. The van der Waals surface area contributed by atoms with Gasteiger partial charge in [0.2, 0.25) is 20.0 Å². The average Bonchev–Trinajstić information content (AvgIpc) is 2.59. The van der Waals surface area contributed by atoms with Crippen molar-refractivity contribution in [2.75, 3.05) is 118 Å². The molecule has 4 aliphatic rings. The zero-order valence-electron chi connectivity index (χ0n) is 47.2. The Labute approximate surface area is 501 Å². The minimum Gasteiger partial charge on any atom is -0.484 e. The summed E-state index contributed by atoms with van der Waals surface area (Å²) in [7, 11) is -7.65. The number of rotatable bonds is 33. The number of piperidine rings is 2. The fourth-order valence-corrected chi connectivity index (χ4v) is 13.4. The van der Waals surface area contributed by atoms with Crippen molar-refractivity contribution in [1.29, 1.82) is 0 Å². The van der Waals surface area contributed by atoms with Gasteiger partial charge in [-0.25, -0.2) is 44.6 Å². The standard InChI is InChI=1S/C58H78Cl2F2N8O12S2/c59-41-35-49-47(51(61)37-41)39-53(69-23-5-1-6-24-69)55(49)81-43-9-13-45(14-10-43)83(73,74)67-21-29-79-33-31-77-27-19-65-57(71)63-17-3-4-18-64-58(72)66-20-28-78-32-34-80-30-22-68-84(75,76)46-15-11-44(12-16-46)82-56-50-36-42(60)38-52(62)48(50)40-54(56)70-25-7-2-8-26-70/h9-16,35-38,53-56,67-68H,1-8,17-34,39-40H2,(H2,63,65,71)(H2,64,66,72)/t53-,54?,55-,56-/m0/s1. The molecule has 0 saturated carbocycles. The third-order valence-corrected chi connectivity index (χ3v) is 18.5. The Kier molecular flexibility index (Phi) is 25.3. The van der Waals surface area contributed by atoms with Crippen molar-refractivity contribution in [1.82, 2.24) is 40.5 Å². The number of carbonyl (C=O) groups is 2. The lowest BCUT2D eigenvalue weighted by Crippen LogP contribution is -2.43. The van der Waals surface area contributed by atoms with Crippen molar-refractivity contribution in [2.24, 2.45) is 0 Å². The molecule has 0 aromatic heterocycles. The summed E-state index contributed by atoms with van der Waals surface area (Å²) in [6.07, 6.45) is 8.02. The first kappa shape index (κ1) is 65.0. The number of unbranched alkanes of at least 4 members (excludes halogenated alkanes) is 1. The van der Waals surface area contributed by atoms with Crippen LogP contribution in [0.15, 0.2) is 82.6 Å². The van der Waals surface area contributed by atoms with Crippen molar-refractivity contribution in [3.05, 3.63) is 117 Å². The first-order chi connectivity index (χ1) is 40.6. The largest absolute Gasteiger partial charge is 0.484 e. The second-order valence-electron chi connectivity index (χ2n) is 21.0. The van der Waals surface area contributed by atoms with E-state index in [0.717, 1.165) is 75.8 Å². The van der Waals surface area contributed by atoms with Gasteiger partial charge in [-0.3, -0.25) is 9.80 Å². The molecule has 2 aliphatic heterocycles. The van der Waals surface area contributed by atoms with Gasteiger partial charge in [0, 0.05) is 60.4 Å². The number of carbonyl (C=O) groups excluding carboxylic acids is 2. The van der Waals surface area contributed by atoms with Crippen molar-refractivity contribution in [2.45, 2.75) is 98.3 Å². The topological polar surface area (TPSA) is 236 Å². The number of nitrogens with zero attached hydrogens (tertiary/aromatic N) is 2. The Hall–Kier alpha value is -4.96. The minimum absolute atomic E-state index is 0.0439. The number of hydrogen-bond donors (Lipinski definition) is 6. The molecule has 26 heteroatoms. The summed E-state index contributed by atoms with van der Waals surface area (Å²) in [6.45, 7) is 6.76. The van der Waals surface area contributed by atoms with Crippen LogP contribution in [0.1, 0.15) is 85.8 Å². The number of urea groups is 2. The maximum absolute atomic E-state index is 15.0. The van der Waals surface area contributed by atoms with Crippen LogP contribution in [-0.2, 0) is 51.8 Å². The molecule has 0 bridgehead atoms. The zero-order chi connectivity index (χ0) is 59.3. The molecule has 4 aromatic rings. The molecular formula is C58H78Cl2F2N8O12S2. The van der Waals surface area contributed by atoms with Gasteiger partial charge in [0.1, 0.15) is 35.3 Å². The van der Waals surface area contributed by atoms with E-state index in [9.17, 15) is 35.2 Å². The van der Waals surface area contributed by atoms with Gasteiger partial charge in [-0.1, -0.05) is 36.0 Å². The number of halogens is 4. The number of ether oxygens (including phenoxy) is 6. The van der Waals surface area contributed by atoms with Gasteiger partial charge in [0.25, 0.3) is 0 Å². The van der Waals surface area contributed by atoms with Crippen LogP contribution >= 0.6 is 23.2 Å². The summed E-state index contributed by atoms with van der Waals surface area (Å²) in [6, 6.07) is 17.7. The number of fused-ring (bicyclic) bond motifs is 2. The van der Waals surface area contributed by atoms with E-state index >= 15 is 0 Å². The van der Waals surface area contributed by atoms with E-state index in [4.69, 9.17) is 51.6 Å². The summed E-state index contributed by atoms with van der Waals surface area (Å²) in [5.41, 5.74) is 2.66. The van der Waals surface area contributed by atoms with Crippen molar-refractivity contribution in [3.8, 4) is 11.5 Å². The van der Waals surface area contributed by atoms with E-state index in [2.05, 4.69) is 40.5 Å². The Balaban J connectivity index is 0.576. The molecule has 0 spiro atoms. The zero-order valence-corrected chi connectivity index (χ0v) is 50.3. The van der Waals surface area contributed by atoms with Gasteiger partial charge in [-0.05, 0) is 161 Å². The molecule has 4 aromatic carbocycles. The highest BCUT2D eigenvalue weighted by Gasteiger charge is 2.42. The quantitative estimate of drug-likeness (QED) is 0.0263. The molecular weight excluding hydrogens is 1170 g/mol. The Morgan fingerprint density at radius 3 is 1.19 bits per heavy atom. The van der Waals surface area contributed by atoms with Gasteiger partial charge in [0.15, 0.2) is 0 Å². The van der Waals surface area contributed by atoms with Crippen molar-refractivity contribution in [3.63, 3.8) is 0 Å². The summed E-state index contributed by atoms with van der Waals surface area (Å²) in [4.78, 5) is 29.1. The number of hydrogen-bond acceptors (Lipinski definition) is 14. The predicted octanol–water partition coefficient (Wildman–Crippen LogP) is 7.03. The van der Waals surface area contributed by atoms with Gasteiger partial charge in [0.05, 0.1) is 74.7 Å². The molecule has 6 N–H and O–H groups in total. The maximum atomic E-state index is 15.0. The SMILES string of the molecule is O=C(NCCCCNC(=O)NCCOCCOCCNS(=O)(=O)c1ccc(O[C@H]2c3cc(Cl)cc(F)c3C[C@@H]2N2CCCCC2)cc1)NCCOCCOCCNS(=O)(=O)c1ccc(O[C@H]2c3cc(Cl)cc(F)c3CC2N2CCCCC2)cc1. The van der Waals surface area contributed by atoms with Gasteiger partial charge >= 0.3 is 12.1 Å². The van der Waals surface area contributed by atoms with E-state index in [-0.39, 0.29) is 125 Å². The van der Waals surface area contributed by atoms with Crippen LogP contribution in [0.4, 0.5) is 18.4 Å². The molecule has 4 atom stereocenters. The molecule has 84 heavy (non-hydrogen) atoms. The molecule has 4 amide bonds. The lowest BCUT2D eigenvalue weighted by molar-refractivity contribution is 0.0516. The lowest BCUT2D eigenvalue weighted by atomic mass is 10.0. The number of sulfonamides is 2. The molecule has 462 valence electrons. The molecule has 8 rings (SSSR count). The van der Waals surface area contributed by atoms with Crippen LogP contribution in [-0.4, -0.2) is 169 Å². The van der Waals surface area contributed by atoms with E-state index < -0.39 is 32.3 Å². The first-order valence-electron chi connectivity index (χ1n) is 29.0. The molecule has 2 heterocycles. The van der Waals surface area contributed by atoms with Crippen LogP contribution < -0.4 is 40.2 Å². The highest BCUT2D eigenvalue weighted by atomic mass is 35.5. The highest BCUT2D eigenvalue weighted by Crippen LogP contribution is 2.43. The average molecular weight is 1250 g/mol. The Bertz CT molecular complexity index is 2790. The third kappa shape index (κ3) is 19.3. The summed E-state index contributed by atoms with van der Waals surface area (Å²) in [5.74, 6) is 0.259. The maximum Gasteiger partial charge on any atom is 0.314 e. The fraction of sp³-hybridized carbons (Fsp3) is 0.552. The molecule has 2 saturated heterocycles. The highest BCUT2D eigenvalue weighted by molar-refractivity contribution is 7.89. The fourth-order valence-electron chi connectivity index (χ4n) is 10.9.